The first-order valence-corrected chi connectivity index (χ1v) is 7.53. The minimum Gasteiger partial charge on any atom is -0.506 e. The van der Waals surface area contributed by atoms with Gasteiger partial charge in [-0.2, -0.15) is 0 Å². The number of phenolic OH excluding ortho intramolecular Hbond substituents is 1. The van der Waals surface area contributed by atoms with Gasteiger partial charge in [-0.05, 0) is 36.5 Å². The molecule has 0 aliphatic heterocycles. The van der Waals surface area contributed by atoms with Gasteiger partial charge in [0, 0.05) is 23.4 Å². The van der Waals surface area contributed by atoms with Crippen LogP contribution in [0.3, 0.4) is 0 Å². The van der Waals surface area contributed by atoms with E-state index in [1.54, 1.807) is 36.4 Å². The van der Waals surface area contributed by atoms with Crippen molar-refractivity contribution >= 4 is 40.7 Å². The van der Waals surface area contributed by atoms with Crippen molar-refractivity contribution in [1.82, 2.24) is 5.32 Å². The molecule has 0 aromatic heterocycles. The Morgan fingerprint density at radius 1 is 1.17 bits per heavy atom. The van der Waals surface area contributed by atoms with Crippen LogP contribution in [0.1, 0.15) is 10.4 Å². The maximum absolute atomic E-state index is 12.4. The molecule has 0 heterocycles. The molecule has 2 N–H and O–H groups in total. The summed E-state index contributed by atoms with van der Waals surface area (Å²) < 4.78 is 11.2. The number of carbonyl (C=O) groups is 1. The number of rotatable bonds is 4. The predicted octanol–water partition coefficient (Wildman–Crippen LogP) is 3.08. The molecule has 0 saturated carbocycles. The zero-order valence-electron chi connectivity index (χ0n) is 12.9. The van der Waals surface area contributed by atoms with Gasteiger partial charge in [0.25, 0.3) is 5.91 Å². The van der Waals surface area contributed by atoms with Gasteiger partial charge in [-0.1, -0.05) is 12.1 Å². The fraction of sp³-hybridized carbons (Fsp3) is 0.125. The lowest BCUT2D eigenvalue weighted by Gasteiger charge is -2.18. The highest BCUT2D eigenvalue weighted by molar-refractivity contribution is 7.80. The van der Waals surface area contributed by atoms with Crippen molar-refractivity contribution in [2.75, 3.05) is 18.6 Å². The highest BCUT2D eigenvalue weighted by atomic mass is 35.5. The van der Waals surface area contributed by atoms with E-state index in [9.17, 15) is 9.90 Å². The number of para-hydroxylation sites is 2. The quantitative estimate of drug-likeness (QED) is 0.640. The molecule has 1 amide bonds. The van der Waals surface area contributed by atoms with Gasteiger partial charge < -0.3 is 14.6 Å². The summed E-state index contributed by atoms with van der Waals surface area (Å²) in [6.45, 7) is 0. The summed E-state index contributed by atoms with van der Waals surface area (Å²) in [5, 5.41) is 12.2. The first-order chi connectivity index (χ1) is 11.5. The number of nitrogens with one attached hydrogen (secondary N) is 1. The van der Waals surface area contributed by atoms with Crippen LogP contribution < -0.4 is 19.2 Å². The summed E-state index contributed by atoms with van der Waals surface area (Å²) in [5.74, 6) is 0.383. The van der Waals surface area contributed by atoms with Crippen LogP contribution in [0.25, 0.3) is 0 Å². The maximum Gasteiger partial charge on any atom is 0.257 e. The molecule has 2 aromatic rings. The molecule has 0 unspecified atom stereocenters. The number of hydrogen-bond donors (Lipinski definition) is 2. The zero-order valence-corrected chi connectivity index (χ0v) is 14.5. The number of methoxy groups -OCH3 is 2. The second-order valence-corrected chi connectivity index (χ2v) is 5.35. The van der Waals surface area contributed by atoms with Crippen LogP contribution >= 0.6 is 24.0 Å². The number of aromatic hydroxyl groups is 1. The van der Waals surface area contributed by atoms with E-state index in [0.717, 1.165) is 4.42 Å². The Morgan fingerprint density at radius 2 is 1.75 bits per heavy atom. The summed E-state index contributed by atoms with van der Waals surface area (Å²) >= 11 is 11.2. The van der Waals surface area contributed by atoms with Gasteiger partial charge >= 0.3 is 0 Å². The van der Waals surface area contributed by atoms with Gasteiger partial charge in [-0.3, -0.25) is 10.1 Å². The second kappa shape index (κ2) is 7.85. The van der Waals surface area contributed by atoms with E-state index in [2.05, 4.69) is 5.32 Å². The topological polar surface area (TPSA) is 71.0 Å². The van der Waals surface area contributed by atoms with Crippen LogP contribution in [-0.4, -0.2) is 30.3 Å². The molecule has 24 heavy (non-hydrogen) atoms. The number of hydrogen-bond acceptors (Lipinski definition) is 5. The Morgan fingerprint density at radius 3 is 2.29 bits per heavy atom. The molecule has 0 atom stereocenters. The van der Waals surface area contributed by atoms with E-state index in [-0.39, 0.29) is 22.1 Å². The summed E-state index contributed by atoms with van der Waals surface area (Å²) in [5.41, 5.74) is 0.545. The summed E-state index contributed by atoms with van der Waals surface area (Å²) in [7, 11) is 2.97. The lowest BCUT2D eigenvalue weighted by molar-refractivity contribution is 0.0976. The monoisotopic (exact) mass is 366 g/mol. The number of halogens is 1. The highest BCUT2D eigenvalue weighted by Crippen LogP contribution is 2.28. The Bertz CT molecular complexity index is 747. The Kier molecular flexibility index (Phi) is 5.83. The molecular formula is C16H15ClN2O4S. The molecule has 2 aromatic carbocycles. The van der Waals surface area contributed by atoms with Crippen molar-refractivity contribution in [2.24, 2.45) is 0 Å². The fourth-order valence-corrected chi connectivity index (χ4v) is 2.27. The largest absolute Gasteiger partial charge is 0.506 e. The SMILES string of the molecule is COc1cc(OC)cc(C(=O)NC(=S)N(Cl)c2ccccc2O)c1. The first-order valence-electron chi connectivity index (χ1n) is 6.78. The lowest BCUT2D eigenvalue weighted by Crippen LogP contribution is -2.38. The maximum atomic E-state index is 12.4. The van der Waals surface area contributed by atoms with Gasteiger partial charge in [0.1, 0.15) is 22.9 Å². The third-order valence-electron chi connectivity index (χ3n) is 3.11. The van der Waals surface area contributed by atoms with E-state index in [0.29, 0.717) is 11.5 Å². The third kappa shape index (κ3) is 4.06. The standard InChI is InChI=1S/C16H15ClN2O4S/c1-22-11-7-10(8-12(9-11)23-2)15(21)18-16(24)19(17)13-5-3-4-6-14(13)20/h3-9,20H,1-2H3,(H,18,21,24). The number of phenols is 1. The van der Waals surface area contributed by atoms with E-state index in [1.165, 1.54) is 20.3 Å². The summed E-state index contributed by atoms with van der Waals surface area (Å²) in [6.07, 6.45) is 0. The number of ether oxygens (including phenoxy) is 2. The van der Waals surface area contributed by atoms with Crippen molar-refractivity contribution < 1.29 is 19.4 Å². The Labute approximate surface area is 149 Å². The van der Waals surface area contributed by atoms with Crippen LogP contribution in [0.5, 0.6) is 17.2 Å². The van der Waals surface area contributed by atoms with Crippen molar-refractivity contribution in [3.8, 4) is 17.2 Å². The van der Waals surface area contributed by atoms with E-state index in [1.807, 2.05) is 0 Å². The fourth-order valence-electron chi connectivity index (χ4n) is 1.90. The van der Waals surface area contributed by atoms with E-state index < -0.39 is 5.91 Å². The van der Waals surface area contributed by atoms with Crippen molar-refractivity contribution in [1.29, 1.82) is 0 Å². The number of anilines is 1. The minimum atomic E-state index is -0.488. The highest BCUT2D eigenvalue weighted by Gasteiger charge is 2.17. The van der Waals surface area contributed by atoms with Gasteiger partial charge in [-0.15, -0.1) is 0 Å². The van der Waals surface area contributed by atoms with E-state index in [4.69, 9.17) is 33.5 Å². The third-order valence-corrected chi connectivity index (χ3v) is 3.84. The Hall–Kier alpha value is -2.51. The van der Waals surface area contributed by atoms with Crippen LogP contribution in [0.2, 0.25) is 0 Å². The van der Waals surface area contributed by atoms with Crippen molar-refractivity contribution in [3.63, 3.8) is 0 Å². The number of amides is 1. The van der Waals surface area contributed by atoms with Crippen LogP contribution in [0, 0.1) is 0 Å². The molecule has 0 saturated heterocycles. The van der Waals surface area contributed by atoms with Crippen LogP contribution in [-0.2, 0) is 0 Å². The second-order valence-electron chi connectivity index (χ2n) is 4.63. The molecule has 0 fully saturated rings. The van der Waals surface area contributed by atoms with Gasteiger partial charge in [0.2, 0.25) is 0 Å². The normalized spacial score (nSPS) is 9.96. The number of thiocarbonyl (C=S) groups is 1. The molecule has 0 aliphatic rings. The molecule has 2 rings (SSSR count). The Balaban J connectivity index is 2.17. The number of benzene rings is 2. The van der Waals surface area contributed by atoms with E-state index >= 15 is 0 Å². The molecule has 6 nitrogen and oxygen atoms in total. The lowest BCUT2D eigenvalue weighted by atomic mass is 10.2. The number of carbonyl (C=O) groups excluding carboxylic acids is 1. The van der Waals surface area contributed by atoms with Crippen molar-refractivity contribution in [3.05, 3.63) is 48.0 Å². The molecule has 126 valence electrons. The smallest absolute Gasteiger partial charge is 0.257 e. The molecule has 0 aliphatic carbocycles. The molecular weight excluding hydrogens is 352 g/mol. The van der Waals surface area contributed by atoms with Crippen LogP contribution in [0.15, 0.2) is 42.5 Å². The molecule has 0 radical (unpaired) electrons. The molecule has 0 bridgehead atoms. The average Bonchev–Trinajstić information content (AvgIpc) is 2.60. The average molecular weight is 367 g/mol. The summed E-state index contributed by atoms with van der Waals surface area (Å²) in [4.78, 5) is 12.4. The molecule has 0 spiro atoms. The van der Waals surface area contributed by atoms with Crippen molar-refractivity contribution in [2.45, 2.75) is 0 Å². The van der Waals surface area contributed by atoms with Gasteiger partial charge in [0.15, 0.2) is 5.11 Å². The summed E-state index contributed by atoms with van der Waals surface area (Å²) in [6, 6.07) is 11.1. The minimum absolute atomic E-state index is 0.0628. The molecule has 8 heteroatoms. The number of nitrogens with zero attached hydrogens (tertiary/aromatic N) is 1. The van der Waals surface area contributed by atoms with Gasteiger partial charge in [0.05, 0.1) is 14.2 Å². The first kappa shape index (κ1) is 17.8. The predicted molar refractivity (Wildman–Crippen MR) is 96.0 cm³/mol. The van der Waals surface area contributed by atoms with Crippen LogP contribution in [0.4, 0.5) is 5.69 Å². The van der Waals surface area contributed by atoms with Gasteiger partial charge in [-0.25, -0.2) is 4.42 Å². The zero-order chi connectivity index (χ0) is 17.7.